The second-order valence-electron chi connectivity index (χ2n) is 4.18. The minimum atomic E-state index is -0.266. The van der Waals surface area contributed by atoms with E-state index in [4.69, 9.17) is 4.74 Å². The molecule has 1 aliphatic heterocycles. The maximum absolute atomic E-state index is 5.80. The van der Waals surface area contributed by atoms with E-state index >= 15 is 0 Å². The number of rotatable bonds is 0. The number of hydrogen-bond acceptors (Lipinski definition) is 4. The molecule has 76 valence electrons. The predicted molar refractivity (Wildman–Crippen MR) is 55.5 cm³/mol. The smallest absolute Gasteiger partial charge is 0.138 e. The van der Waals surface area contributed by atoms with Crippen LogP contribution in [0.5, 0.6) is 5.75 Å². The molecule has 0 saturated heterocycles. The molecule has 2 heterocycles. The highest BCUT2D eigenvalue weighted by Crippen LogP contribution is 2.33. The molecule has 0 N–H and O–H groups in total. The van der Waals surface area contributed by atoms with Gasteiger partial charge in [-0.25, -0.2) is 4.63 Å². The van der Waals surface area contributed by atoms with E-state index in [-0.39, 0.29) is 5.60 Å². The molecule has 0 saturated carbocycles. The molecule has 0 amide bonds. The van der Waals surface area contributed by atoms with Gasteiger partial charge in [0.1, 0.15) is 22.4 Å². The molecule has 4 heteroatoms. The molecule has 0 radical (unpaired) electrons. The van der Waals surface area contributed by atoms with Gasteiger partial charge in [-0.05, 0) is 36.3 Å². The van der Waals surface area contributed by atoms with Crippen LogP contribution in [0.3, 0.4) is 0 Å². The topological polar surface area (TPSA) is 48.2 Å². The highest BCUT2D eigenvalue weighted by molar-refractivity contribution is 5.80. The van der Waals surface area contributed by atoms with Crippen molar-refractivity contribution in [1.29, 1.82) is 0 Å². The van der Waals surface area contributed by atoms with Crippen molar-refractivity contribution in [2.45, 2.75) is 19.4 Å². The standard InChI is InChI=1S/C11H10N2O2/c1-11(2)4-3-7-5-8-9(13-15-12-8)6-10(7)14-11/h3-6H,1-2H3. The first-order valence-corrected chi connectivity index (χ1v) is 4.79. The molecular formula is C11H10N2O2. The van der Waals surface area contributed by atoms with Gasteiger partial charge in [-0.15, -0.1) is 0 Å². The lowest BCUT2D eigenvalue weighted by atomic mass is 10.0. The van der Waals surface area contributed by atoms with Crippen molar-refractivity contribution < 1.29 is 9.37 Å². The van der Waals surface area contributed by atoms with E-state index in [1.807, 2.05) is 38.1 Å². The zero-order chi connectivity index (χ0) is 10.5. The van der Waals surface area contributed by atoms with E-state index in [0.29, 0.717) is 0 Å². The quantitative estimate of drug-likeness (QED) is 0.658. The lowest BCUT2D eigenvalue weighted by Gasteiger charge is -2.27. The monoisotopic (exact) mass is 202 g/mol. The summed E-state index contributed by atoms with van der Waals surface area (Å²) in [4.78, 5) is 0. The molecule has 0 spiro atoms. The predicted octanol–water partition coefficient (Wildman–Crippen LogP) is 2.41. The van der Waals surface area contributed by atoms with E-state index in [1.165, 1.54) is 0 Å². The third-order valence-electron chi connectivity index (χ3n) is 2.42. The van der Waals surface area contributed by atoms with Crippen molar-refractivity contribution in [2.75, 3.05) is 0 Å². The molecule has 3 rings (SSSR count). The summed E-state index contributed by atoms with van der Waals surface area (Å²) in [6.45, 7) is 4.02. The van der Waals surface area contributed by atoms with Crippen LogP contribution in [-0.4, -0.2) is 15.9 Å². The number of benzene rings is 1. The highest BCUT2D eigenvalue weighted by Gasteiger charge is 2.22. The van der Waals surface area contributed by atoms with E-state index in [0.717, 1.165) is 22.3 Å². The van der Waals surface area contributed by atoms with Crippen molar-refractivity contribution >= 4 is 17.1 Å². The zero-order valence-corrected chi connectivity index (χ0v) is 8.52. The fraction of sp³-hybridized carbons (Fsp3) is 0.273. The van der Waals surface area contributed by atoms with Gasteiger partial charge in [-0.2, -0.15) is 0 Å². The van der Waals surface area contributed by atoms with E-state index < -0.39 is 0 Å². The molecular weight excluding hydrogens is 192 g/mol. The Labute approximate surface area is 86.5 Å². The number of hydrogen-bond donors (Lipinski definition) is 0. The average Bonchev–Trinajstić information content (AvgIpc) is 2.60. The molecule has 2 aromatic rings. The highest BCUT2D eigenvalue weighted by atomic mass is 16.6. The van der Waals surface area contributed by atoms with Gasteiger partial charge in [-0.3, -0.25) is 0 Å². The summed E-state index contributed by atoms with van der Waals surface area (Å²) in [6, 6.07) is 3.76. The minimum absolute atomic E-state index is 0.266. The molecule has 0 atom stereocenters. The van der Waals surface area contributed by atoms with Gasteiger partial charge in [0.05, 0.1) is 0 Å². The fourth-order valence-corrected chi connectivity index (χ4v) is 1.65. The molecule has 1 aliphatic rings. The van der Waals surface area contributed by atoms with Crippen molar-refractivity contribution in [2.24, 2.45) is 0 Å². The summed E-state index contributed by atoms with van der Waals surface area (Å²) in [7, 11) is 0. The second kappa shape index (κ2) is 2.59. The van der Waals surface area contributed by atoms with E-state index in [9.17, 15) is 0 Å². The lowest BCUT2D eigenvalue weighted by Crippen LogP contribution is -2.27. The first-order chi connectivity index (χ1) is 7.14. The van der Waals surface area contributed by atoms with Crippen LogP contribution in [0.1, 0.15) is 19.4 Å². The fourth-order valence-electron chi connectivity index (χ4n) is 1.65. The van der Waals surface area contributed by atoms with Gasteiger partial charge in [-0.1, -0.05) is 6.08 Å². The van der Waals surface area contributed by atoms with Crippen LogP contribution < -0.4 is 4.74 Å². The van der Waals surface area contributed by atoms with Crippen LogP contribution >= 0.6 is 0 Å². The van der Waals surface area contributed by atoms with Gasteiger partial charge in [0.2, 0.25) is 0 Å². The van der Waals surface area contributed by atoms with Crippen LogP contribution in [0, 0.1) is 0 Å². The maximum Gasteiger partial charge on any atom is 0.138 e. The number of fused-ring (bicyclic) bond motifs is 2. The van der Waals surface area contributed by atoms with Crippen LogP contribution in [0.2, 0.25) is 0 Å². The minimum Gasteiger partial charge on any atom is -0.483 e. The van der Waals surface area contributed by atoms with Gasteiger partial charge >= 0.3 is 0 Å². The summed E-state index contributed by atoms with van der Waals surface area (Å²) in [5.41, 5.74) is 2.22. The maximum atomic E-state index is 5.80. The van der Waals surface area contributed by atoms with Gasteiger partial charge in [0.25, 0.3) is 0 Å². The third-order valence-corrected chi connectivity index (χ3v) is 2.42. The summed E-state index contributed by atoms with van der Waals surface area (Å²) >= 11 is 0. The lowest BCUT2D eigenvalue weighted by molar-refractivity contribution is 0.159. The number of nitrogens with zero attached hydrogens (tertiary/aromatic N) is 2. The number of aromatic nitrogens is 2. The molecule has 0 aliphatic carbocycles. The van der Waals surface area contributed by atoms with Gasteiger partial charge in [0, 0.05) is 11.6 Å². The Balaban J connectivity index is 2.23. The van der Waals surface area contributed by atoms with Crippen LogP contribution in [0.25, 0.3) is 17.1 Å². The van der Waals surface area contributed by atoms with E-state index in [1.54, 1.807) is 0 Å². The van der Waals surface area contributed by atoms with E-state index in [2.05, 4.69) is 14.9 Å². The average molecular weight is 202 g/mol. The first-order valence-electron chi connectivity index (χ1n) is 4.79. The zero-order valence-electron chi connectivity index (χ0n) is 8.52. The Morgan fingerprint density at radius 3 is 2.67 bits per heavy atom. The largest absolute Gasteiger partial charge is 0.483 e. The van der Waals surface area contributed by atoms with Crippen molar-refractivity contribution in [3.8, 4) is 5.75 Å². The van der Waals surface area contributed by atoms with Crippen molar-refractivity contribution in [1.82, 2.24) is 10.3 Å². The molecule has 0 unspecified atom stereocenters. The Morgan fingerprint density at radius 1 is 1.13 bits per heavy atom. The Bertz CT molecular complexity index is 555. The normalized spacial score (nSPS) is 17.5. The van der Waals surface area contributed by atoms with Crippen molar-refractivity contribution in [3.05, 3.63) is 23.8 Å². The SMILES string of the molecule is CC1(C)C=Cc2cc3nonc3cc2O1. The summed E-state index contributed by atoms with van der Waals surface area (Å²) < 4.78 is 10.5. The molecule has 15 heavy (non-hydrogen) atoms. The first kappa shape index (κ1) is 8.47. The molecule has 0 bridgehead atoms. The summed E-state index contributed by atoms with van der Waals surface area (Å²) in [6.07, 6.45) is 4.06. The Morgan fingerprint density at radius 2 is 1.87 bits per heavy atom. The second-order valence-corrected chi connectivity index (χ2v) is 4.18. The Hall–Kier alpha value is -1.84. The molecule has 4 nitrogen and oxygen atoms in total. The van der Waals surface area contributed by atoms with Crippen LogP contribution in [0.4, 0.5) is 0 Å². The van der Waals surface area contributed by atoms with Crippen LogP contribution in [0.15, 0.2) is 22.8 Å². The molecule has 1 aromatic carbocycles. The van der Waals surface area contributed by atoms with Gasteiger partial charge < -0.3 is 4.74 Å². The summed E-state index contributed by atoms with van der Waals surface area (Å²) in [5, 5.41) is 7.57. The molecule has 0 fully saturated rings. The Kier molecular flexibility index (Phi) is 1.46. The van der Waals surface area contributed by atoms with Crippen molar-refractivity contribution in [3.63, 3.8) is 0 Å². The molecule has 1 aromatic heterocycles. The van der Waals surface area contributed by atoms with Crippen LogP contribution in [-0.2, 0) is 0 Å². The van der Waals surface area contributed by atoms with Gasteiger partial charge in [0.15, 0.2) is 0 Å². The number of ether oxygens (including phenoxy) is 1. The summed E-state index contributed by atoms with van der Waals surface area (Å²) in [5.74, 6) is 0.825. The third kappa shape index (κ3) is 1.29.